The minimum absolute atomic E-state index is 0.0800. The number of hydrogen-bond acceptors (Lipinski definition) is 4. The monoisotopic (exact) mass is 290 g/mol. The average Bonchev–Trinajstić information content (AvgIpc) is 2.68. The van der Waals surface area contributed by atoms with Crippen LogP contribution in [0.4, 0.5) is 0 Å². The number of carbonyl (C=O) groups excluding carboxylic acids is 2. The van der Waals surface area contributed by atoms with Crippen molar-refractivity contribution in [3.05, 3.63) is 29.6 Å². The van der Waals surface area contributed by atoms with Gasteiger partial charge in [0.05, 0.1) is 5.56 Å². The molecular weight excluding hydrogens is 272 g/mol. The summed E-state index contributed by atoms with van der Waals surface area (Å²) in [5.74, 6) is -1.53. The Kier molecular flexibility index (Phi) is 4.06. The molecule has 6 nitrogen and oxygen atoms in total. The second kappa shape index (κ2) is 5.63. The molecule has 0 aliphatic carbocycles. The van der Waals surface area contributed by atoms with Gasteiger partial charge >= 0.3 is 5.97 Å². The quantitative estimate of drug-likeness (QED) is 0.809. The number of hydrogen-bond donors (Lipinski definition) is 1. The van der Waals surface area contributed by atoms with Crippen LogP contribution in [0.1, 0.15) is 54.0 Å². The fourth-order valence-corrected chi connectivity index (χ4v) is 2.30. The highest BCUT2D eigenvalue weighted by atomic mass is 16.4. The van der Waals surface area contributed by atoms with Gasteiger partial charge in [-0.25, -0.2) is 0 Å². The molecule has 0 aromatic carbocycles. The Morgan fingerprint density at radius 2 is 2.00 bits per heavy atom. The first kappa shape index (κ1) is 15.2. The summed E-state index contributed by atoms with van der Waals surface area (Å²) in [5, 5.41) is 8.73. The Morgan fingerprint density at radius 1 is 1.29 bits per heavy atom. The number of rotatable bonds is 6. The third-order valence-corrected chi connectivity index (χ3v) is 3.76. The number of imide groups is 1. The molecular formula is C15H18N2O4. The fourth-order valence-electron chi connectivity index (χ4n) is 2.30. The van der Waals surface area contributed by atoms with Crippen LogP contribution >= 0.6 is 0 Å². The number of nitrogens with zero attached hydrogens (tertiary/aromatic N) is 2. The van der Waals surface area contributed by atoms with Crippen LogP contribution in [0.5, 0.6) is 0 Å². The molecule has 0 spiro atoms. The molecule has 0 saturated carbocycles. The molecule has 1 aromatic rings. The van der Waals surface area contributed by atoms with Crippen molar-refractivity contribution >= 4 is 17.8 Å². The number of aliphatic carboxylic acids is 1. The van der Waals surface area contributed by atoms with Crippen molar-refractivity contribution < 1.29 is 19.5 Å². The number of carboxylic acids is 1. The topological polar surface area (TPSA) is 87.6 Å². The molecule has 0 fully saturated rings. The van der Waals surface area contributed by atoms with Crippen molar-refractivity contribution in [2.24, 2.45) is 5.41 Å². The third-order valence-electron chi connectivity index (χ3n) is 3.76. The van der Waals surface area contributed by atoms with Crippen LogP contribution in [0.2, 0.25) is 0 Å². The van der Waals surface area contributed by atoms with Gasteiger partial charge in [-0.1, -0.05) is 13.8 Å². The molecule has 0 radical (unpaired) electrons. The largest absolute Gasteiger partial charge is 0.481 e. The molecule has 1 aromatic heterocycles. The first-order valence-corrected chi connectivity index (χ1v) is 6.85. The van der Waals surface area contributed by atoms with E-state index < -0.39 is 5.97 Å². The Balaban J connectivity index is 2.01. The molecule has 1 aliphatic heterocycles. The van der Waals surface area contributed by atoms with E-state index in [1.165, 1.54) is 11.1 Å². The average molecular weight is 290 g/mol. The van der Waals surface area contributed by atoms with Crippen molar-refractivity contribution in [3.63, 3.8) is 0 Å². The van der Waals surface area contributed by atoms with E-state index in [2.05, 4.69) is 4.98 Å². The second-order valence-electron chi connectivity index (χ2n) is 5.97. The van der Waals surface area contributed by atoms with E-state index in [9.17, 15) is 14.4 Å². The lowest BCUT2D eigenvalue weighted by atomic mass is 9.84. The van der Waals surface area contributed by atoms with E-state index in [1.54, 1.807) is 12.1 Å². The number of amides is 2. The molecule has 1 aliphatic rings. The SMILES string of the molecule is CC(C)(CCC(=O)O)CCN1C(=O)c2cccnc2C1=O. The van der Waals surface area contributed by atoms with Crippen LogP contribution in [0.3, 0.4) is 0 Å². The minimum atomic E-state index is -0.840. The van der Waals surface area contributed by atoms with Gasteiger partial charge in [-0.3, -0.25) is 24.3 Å². The summed E-state index contributed by atoms with van der Waals surface area (Å²) >= 11 is 0. The molecule has 6 heteroatoms. The van der Waals surface area contributed by atoms with Crippen molar-refractivity contribution in [1.29, 1.82) is 0 Å². The minimum Gasteiger partial charge on any atom is -0.481 e. The van der Waals surface area contributed by atoms with E-state index >= 15 is 0 Å². The van der Waals surface area contributed by atoms with Crippen LogP contribution < -0.4 is 0 Å². The first-order chi connectivity index (χ1) is 9.82. The summed E-state index contributed by atoms with van der Waals surface area (Å²) in [6, 6.07) is 3.22. The normalized spacial score (nSPS) is 14.5. The summed E-state index contributed by atoms with van der Waals surface area (Å²) in [6.07, 6.45) is 2.64. The maximum atomic E-state index is 12.2. The standard InChI is InChI=1S/C15H18N2O4/c1-15(2,6-5-11(18)19)7-9-17-13(20)10-4-3-8-16-12(10)14(17)21/h3-4,8H,5-7,9H2,1-2H3,(H,18,19). The van der Waals surface area contributed by atoms with Crippen molar-refractivity contribution in [3.8, 4) is 0 Å². The smallest absolute Gasteiger partial charge is 0.303 e. The fraction of sp³-hybridized carbons (Fsp3) is 0.467. The van der Waals surface area contributed by atoms with Gasteiger partial charge in [0.2, 0.25) is 0 Å². The van der Waals surface area contributed by atoms with E-state index in [-0.39, 0.29) is 35.9 Å². The second-order valence-corrected chi connectivity index (χ2v) is 5.97. The lowest BCUT2D eigenvalue weighted by Crippen LogP contribution is -2.33. The van der Waals surface area contributed by atoms with Crippen molar-refractivity contribution in [2.45, 2.75) is 33.1 Å². The highest BCUT2D eigenvalue weighted by molar-refractivity contribution is 6.20. The zero-order valence-corrected chi connectivity index (χ0v) is 12.1. The molecule has 2 amide bonds. The zero-order chi connectivity index (χ0) is 15.6. The number of aromatic nitrogens is 1. The van der Waals surface area contributed by atoms with Gasteiger partial charge < -0.3 is 5.11 Å². The van der Waals surface area contributed by atoms with E-state index in [1.807, 2.05) is 13.8 Å². The lowest BCUT2D eigenvalue weighted by molar-refractivity contribution is -0.137. The molecule has 21 heavy (non-hydrogen) atoms. The highest BCUT2D eigenvalue weighted by Crippen LogP contribution is 2.29. The lowest BCUT2D eigenvalue weighted by Gasteiger charge is -2.26. The van der Waals surface area contributed by atoms with Crippen LogP contribution in [0, 0.1) is 5.41 Å². The molecule has 1 N–H and O–H groups in total. The molecule has 2 heterocycles. The summed E-state index contributed by atoms with van der Waals surface area (Å²) < 4.78 is 0. The first-order valence-electron chi connectivity index (χ1n) is 6.85. The van der Waals surface area contributed by atoms with E-state index in [4.69, 9.17) is 5.11 Å². The van der Waals surface area contributed by atoms with Gasteiger partial charge in [0, 0.05) is 19.2 Å². The number of carbonyl (C=O) groups is 3. The molecule has 0 bridgehead atoms. The van der Waals surface area contributed by atoms with Crippen molar-refractivity contribution in [2.75, 3.05) is 6.54 Å². The van der Waals surface area contributed by atoms with Crippen LogP contribution in [0.25, 0.3) is 0 Å². The van der Waals surface area contributed by atoms with Crippen molar-refractivity contribution in [1.82, 2.24) is 9.88 Å². The Bertz CT molecular complexity index is 560. The predicted octanol–water partition coefficient (Wildman–Crippen LogP) is 1.96. The van der Waals surface area contributed by atoms with Crippen LogP contribution in [-0.2, 0) is 4.79 Å². The van der Waals surface area contributed by atoms with Gasteiger partial charge in [0.25, 0.3) is 11.8 Å². The highest BCUT2D eigenvalue weighted by Gasteiger charge is 2.37. The van der Waals surface area contributed by atoms with E-state index in [0.29, 0.717) is 18.4 Å². The summed E-state index contributed by atoms with van der Waals surface area (Å²) in [6.45, 7) is 4.15. The van der Waals surface area contributed by atoms with Gasteiger partial charge in [-0.05, 0) is 30.4 Å². The van der Waals surface area contributed by atoms with Gasteiger partial charge in [0.15, 0.2) is 0 Å². The number of fused-ring (bicyclic) bond motifs is 1. The maximum absolute atomic E-state index is 12.2. The Morgan fingerprint density at radius 3 is 2.62 bits per heavy atom. The molecule has 0 atom stereocenters. The van der Waals surface area contributed by atoms with Crippen LogP contribution in [0.15, 0.2) is 18.3 Å². The zero-order valence-electron chi connectivity index (χ0n) is 12.1. The molecule has 112 valence electrons. The molecule has 0 saturated heterocycles. The Hall–Kier alpha value is -2.24. The number of carboxylic acid groups (broad SMARTS) is 1. The molecule has 0 unspecified atom stereocenters. The van der Waals surface area contributed by atoms with Gasteiger partial charge in [-0.15, -0.1) is 0 Å². The molecule has 2 rings (SSSR count). The summed E-state index contributed by atoms with van der Waals surface area (Å²) in [7, 11) is 0. The van der Waals surface area contributed by atoms with E-state index in [0.717, 1.165) is 0 Å². The Labute approximate surface area is 122 Å². The van der Waals surface area contributed by atoms with Gasteiger partial charge in [0.1, 0.15) is 5.69 Å². The summed E-state index contributed by atoms with van der Waals surface area (Å²) in [4.78, 5) is 40.1. The number of pyridine rings is 1. The predicted molar refractivity (Wildman–Crippen MR) is 74.9 cm³/mol. The van der Waals surface area contributed by atoms with Gasteiger partial charge in [-0.2, -0.15) is 0 Å². The third kappa shape index (κ3) is 3.26. The summed E-state index contributed by atoms with van der Waals surface area (Å²) in [5.41, 5.74) is 0.290. The maximum Gasteiger partial charge on any atom is 0.303 e. The van der Waals surface area contributed by atoms with Crippen LogP contribution in [-0.4, -0.2) is 39.3 Å².